The Balaban J connectivity index is 1.93. The first-order valence-corrected chi connectivity index (χ1v) is 11.7. The molecule has 0 amide bonds. The Bertz CT molecular complexity index is 1060. The number of sulfonamides is 1. The number of rotatable bonds is 7. The number of thiophene rings is 1. The van der Waals surface area contributed by atoms with Crippen LogP contribution in [-0.4, -0.2) is 23.4 Å². The lowest BCUT2D eigenvalue weighted by Crippen LogP contribution is -2.31. The summed E-state index contributed by atoms with van der Waals surface area (Å²) in [7, 11) is -7.72. The van der Waals surface area contributed by atoms with Crippen molar-refractivity contribution in [3.05, 3.63) is 71.0 Å². The number of sulfone groups is 1. The van der Waals surface area contributed by atoms with Gasteiger partial charge in [0, 0.05) is 11.6 Å². The second kappa shape index (κ2) is 7.53. The van der Waals surface area contributed by atoms with Gasteiger partial charge in [0.25, 0.3) is 0 Å². The van der Waals surface area contributed by atoms with Gasteiger partial charge >= 0.3 is 0 Å². The van der Waals surface area contributed by atoms with Crippen molar-refractivity contribution in [2.24, 2.45) is 0 Å². The first kappa shape index (κ1) is 19.1. The topological polar surface area (TPSA) is 93.4 Å². The fourth-order valence-electron chi connectivity index (χ4n) is 2.30. The maximum atomic E-state index is 13.0. The van der Waals surface area contributed by atoms with Gasteiger partial charge in [0.1, 0.15) is 15.2 Å². The van der Waals surface area contributed by atoms with E-state index in [9.17, 15) is 16.8 Å². The third-order valence-corrected chi connectivity index (χ3v) is 8.75. The number of hydrogen-bond donors (Lipinski definition) is 1. The summed E-state index contributed by atoms with van der Waals surface area (Å²) in [5.41, 5.74) is 0. The number of hydrogen-bond acceptors (Lipinski definition) is 6. The summed E-state index contributed by atoms with van der Waals surface area (Å²) >= 11 is 6.86. The Morgan fingerprint density at radius 1 is 1.04 bits per heavy atom. The zero-order valence-electron chi connectivity index (χ0n) is 13.2. The SMILES string of the molecule is O=S(=O)(NC[C@H](c1ccco1)S(=O)(=O)c1ccc(Cl)cc1)c1cccs1. The minimum absolute atomic E-state index is 0.0265. The average Bonchev–Trinajstić information content (AvgIpc) is 3.29. The molecule has 0 saturated heterocycles. The van der Waals surface area contributed by atoms with Gasteiger partial charge in [-0.3, -0.25) is 0 Å². The fourth-order valence-corrected chi connectivity index (χ4v) is 6.20. The number of furan rings is 1. The molecular formula is C16H14ClNO5S3. The van der Waals surface area contributed by atoms with E-state index in [2.05, 4.69) is 4.72 Å². The normalized spacial score (nSPS) is 13.6. The molecule has 0 spiro atoms. The Hall–Kier alpha value is -1.65. The lowest BCUT2D eigenvalue weighted by molar-refractivity contribution is 0.487. The largest absolute Gasteiger partial charge is 0.468 e. The zero-order valence-corrected chi connectivity index (χ0v) is 16.4. The number of nitrogens with one attached hydrogen (secondary N) is 1. The van der Waals surface area contributed by atoms with Gasteiger partial charge in [-0.15, -0.1) is 11.3 Å². The van der Waals surface area contributed by atoms with Crippen molar-refractivity contribution in [2.45, 2.75) is 14.4 Å². The van der Waals surface area contributed by atoms with Gasteiger partial charge in [-0.1, -0.05) is 17.7 Å². The molecule has 138 valence electrons. The van der Waals surface area contributed by atoms with Crippen molar-refractivity contribution in [3.8, 4) is 0 Å². The Morgan fingerprint density at radius 3 is 2.35 bits per heavy atom. The summed E-state index contributed by atoms with van der Waals surface area (Å²) in [6.45, 7) is -0.362. The van der Waals surface area contributed by atoms with Crippen LogP contribution in [-0.2, 0) is 19.9 Å². The van der Waals surface area contributed by atoms with E-state index < -0.39 is 25.1 Å². The summed E-state index contributed by atoms with van der Waals surface area (Å²) < 4.78 is 58.4. The second-order valence-electron chi connectivity index (χ2n) is 5.29. The molecule has 1 aromatic carbocycles. The highest BCUT2D eigenvalue weighted by molar-refractivity contribution is 7.92. The van der Waals surface area contributed by atoms with Crippen molar-refractivity contribution in [2.75, 3.05) is 6.54 Å². The summed E-state index contributed by atoms with van der Waals surface area (Å²) in [5.74, 6) is 0.147. The molecule has 3 rings (SSSR count). The van der Waals surface area contributed by atoms with E-state index in [1.807, 2.05) is 0 Å². The molecule has 0 saturated carbocycles. The van der Waals surface area contributed by atoms with Gasteiger partial charge in [0.15, 0.2) is 9.84 Å². The van der Waals surface area contributed by atoms with Crippen LogP contribution in [0.1, 0.15) is 11.0 Å². The molecule has 1 N–H and O–H groups in total. The molecule has 0 bridgehead atoms. The van der Waals surface area contributed by atoms with Crippen LogP contribution in [0, 0.1) is 0 Å². The molecule has 0 aliphatic rings. The van der Waals surface area contributed by atoms with Gasteiger partial charge < -0.3 is 4.42 Å². The first-order valence-electron chi connectivity index (χ1n) is 7.37. The van der Waals surface area contributed by atoms with Crippen LogP contribution in [0.4, 0.5) is 0 Å². The third kappa shape index (κ3) is 4.02. The van der Waals surface area contributed by atoms with Crippen molar-refractivity contribution >= 4 is 42.8 Å². The summed E-state index contributed by atoms with van der Waals surface area (Å²) in [6, 6.07) is 11.8. The minimum Gasteiger partial charge on any atom is -0.468 e. The summed E-state index contributed by atoms with van der Waals surface area (Å²) in [5, 5.41) is 0.813. The number of benzene rings is 1. The van der Waals surface area contributed by atoms with Crippen LogP contribution in [0.25, 0.3) is 0 Å². The molecule has 0 unspecified atom stereocenters. The van der Waals surface area contributed by atoms with E-state index in [0.717, 1.165) is 11.3 Å². The molecule has 1 atom stereocenters. The van der Waals surface area contributed by atoms with Crippen molar-refractivity contribution in [1.82, 2.24) is 4.72 Å². The maximum Gasteiger partial charge on any atom is 0.250 e. The molecule has 2 aromatic heterocycles. The van der Waals surface area contributed by atoms with E-state index in [1.54, 1.807) is 17.5 Å². The van der Waals surface area contributed by atoms with Crippen LogP contribution < -0.4 is 4.72 Å². The highest BCUT2D eigenvalue weighted by atomic mass is 35.5. The number of halogens is 1. The molecule has 0 fully saturated rings. The monoisotopic (exact) mass is 431 g/mol. The predicted octanol–water partition coefficient (Wildman–Crippen LogP) is 3.49. The molecule has 3 aromatic rings. The molecule has 2 heterocycles. The van der Waals surface area contributed by atoms with E-state index in [1.165, 1.54) is 42.7 Å². The second-order valence-corrected chi connectivity index (χ2v) is 10.8. The lowest BCUT2D eigenvalue weighted by Gasteiger charge is -2.16. The zero-order chi connectivity index (χ0) is 18.8. The predicted molar refractivity (Wildman–Crippen MR) is 99.6 cm³/mol. The smallest absolute Gasteiger partial charge is 0.250 e. The van der Waals surface area contributed by atoms with Gasteiger partial charge in [-0.05, 0) is 47.8 Å². The highest BCUT2D eigenvalue weighted by Crippen LogP contribution is 2.30. The van der Waals surface area contributed by atoms with Crippen molar-refractivity contribution in [3.63, 3.8) is 0 Å². The summed E-state index contributed by atoms with van der Waals surface area (Å²) in [4.78, 5) is 0.0265. The van der Waals surface area contributed by atoms with Gasteiger partial charge in [0.2, 0.25) is 10.0 Å². The van der Waals surface area contributed by atoms with Crippen molar-refractivity contribution < 1.29 is 21.3 Å². The van der Waals surface area contributed by atoms with E-state index in [0.29, 0.717) is 5.02 Å². The highest BCUT2D eigenvalue weighted by Gasteiger charge is 2.33. The van der Waals surface area contributed by atoms with E-state index in [-0.39, 0.29) is 21.4 Å². The molecule has 6 nitrogen and oxygen atoms in total. The third-order valence-electron chi connectivity index (χ3n) is 3.60. The van der Waals surface area contributed by atoms with Gasteiger partial charge in [-0.25, -0.2) is 21.6 Å². The van der Waals surface area contributed by atoms with Crippen molar-refractivity contribution in [1.29, 1.82) is 0 Å². The molecule has 0 aliphatic carbocycles. The molecule has 10 heteroatoms. The van der Waals surface area contributed by atoms with Gasteiger partial charge in [0.05, 0.1) is 11.2 Å². The minimum atomic E-state index is -3.91. The van der Waals surface area contributed by atoms with E-state index in [4.69, 9.17) is 16.0 Å². The van der Waals surface area contributed by atoms with Crippen LogP contribution in [0.5, 0.6) is 0 Å². The molecule has 26 heavy (non-hydrogen) atoms. The Labute approximate surface area is 160 Å². The molecular weight excluding hydrogens is 418 g/mol. The van der Waals surface area contributed by atoms with E-state index >= 15 is 0 Å². The maximum absolute atomic E-state index is 13.0. The molecule has 0 radical (unpaired) electrons. The Morgan fingerprint density at radius 2 is 1.77 bits per heavy atom. The van der Waals surface area contributed by atoms with Crippen LogP contribution in [0.3, 0.4) is 0 Å². The average molecular weight is 432 g/mol. The summed E-state index contributed by atoms with van der Waals surface area (Å²) in [6.07, 6.45) is 1.34. The standard InChI is InChI=1S/C16H14ClNO5S3/c17-12-5-7-13(8-6-12)25(19,20)15(14-3-1-9-23-14)11-18-26(21,22)16-4-2-10-24-16/h1-10,15,18H,11H2/t15-/m1/s1. The lowest BCUT2D eigenvalue weighted by atomic mass is 10.3. The van der Waals surface area contributed by atoms with Crippen LogP contribution >= 0.6 is 22.9 Å². The first-order chi connectivity index (χ1) is 12.3. The fraction of sp³-hybridized carbons (Fsp3) is 0.125. The van der Waals surface area contributed by atoms with Crippen LogP contribution in [0.15, 0.2) is 73.7 Å². The van der Waals surface area contributed by atoms with Crippen LogP contribution in [0.2, 0.25) is 5.02 Å². The molecule has 0 aliphatic heterocycles. The quantitative estimate of drug-likeness (QED) is 0.618. The Kier molecular flexibility index (Phi) is 5.54. The van der Waals surface area contributed by atoms with Gasteiger partial charge in [-0.2, -0.15) is 0 Å².